The molecule has 0 N–H and O–H groups in total. The average Bonchev–Trinajstić information content (AvgIpc) is 2.64. The molecule has 1 aliphatic carbocycles. The molecule has 2 unspecified atom stereocenters. The Morgan fingerprint density at radius 1 is 1.56 bits per heavy atom. The van der Waals surface area contributed by atoms with Crippen molar-refractivity contribution in [1.82, 2.24) is 0 Å². The van der Waals surface area contributed by atoms with Gasteiger partial charge in [-0.25, -0.2) is 0 Å². The summed E-state index contributed by atoms with van der Waals surface area (Å²) in [4.78, 5) is 1.79. The van der Waals surface area contributed by atoms with Crippen LogP contribution >= 0.6 is 0 Å². The van der Waals surface area contributed by atoms with E-state index in [9.17, 15) is 0 Å². The Kier molecular flexibility index (Phi) is 1.17. The second-order valence-corrected chi connectivity index (χ2v) is 5.05. The van der Waals surface area contributed by atoms with Crippen LogP contribution in [-0.4, -0.2) is 22.1 Å². The van der Waals surface area contributed by atoms with E-state index in [0.717, 1.165) is 30.3 Å². The Bertz CT molecular complexity index is 183. The van der Waals surface area contributed by atoms with E-state index in [1.807, 2.05) is 0 Å². The first kappa shape index (κ1) is 5.57. The maximum absolute atomic E-state index is 5.07. The first-order valence-electron chi connectivity index (χ1n) is 2.99. The summed E-state index contributed by atoms with van der Waals surface area (Å²) in [6.07, 6.45) is 6.59. The zero-order valence-corrected chi connectivity index (χ0v) is 6.92. The van der Waals surface area contributed by atoms with Crippen molar-refractivity contribution in [2.45, 2.75) is 9.63 Å². The van der Waals surface area contributed by atoms with Crippen LogP contribution in [0.15, 0.2) is 24.0 Å². The van der Waals surface area contributed by atoms with Crippen molar-refractivity contribution in [3.63, 3.8) is 0 Å². The van der Waals surface area contributed by atoms with Gasteiger partial charge in [-0.2, -0.15) is 0 Å². The van der Waals surface area contributed by atoms with Gasteiger partial charge in [0.25, 0.3) is 0 Å². The van der Waals surface area contributed by atoms with E-state index in [1.54, 1.807) is 7.11 Å². The molecule has 1 nitrogen and oxygen atoms in total. The second kappa shape index (κ2) is 1.89. The fourth-order valence-corrected chi connectivity index (χ4v) is 2.70. The van der Waals surface area contributed by atoms with Gasteiger partial charge in [0.2, 0.25) is 0 Å². The summed E-state index contributed by atoms with van der Waals surface area (Å²) in [5.74, 6) is 1.05. The summed E-state index contributed by atoms with van der Waals surface area (Å²) in [6, 6.07) is 0. The summed E-state index contributed by atoms with van der Waals surface area (Å²) in [6.45, 7) is 0. The molecule has 0 radical (unpaired) electrons. The predicted octanol–water partition coefficient (Wildman–Crippen LogP) is 1.38. The van der Waals surface area contributed by atoms with Crippen LogP contribution in [-0.2, 0) is 4.74 Å². The molecule has 1 saturated heterocycles. The van der Waals surface area contributed by atoms with Crippen LogP contribution in [0.3, 0.4) is 0 Å². The fourth-order valence-electron chi connectivity index (χ4n) is 0.968. The van der Waals surface area contributed by atoms with Crippen LogP contribution in [0.5, 0.6) is 0 Å². The van der Waals surface area contributed by atoms with E-state index in [2.05, 4.69) is 18.2 Å². The van der Waals surface area contributed by atoms with Crippen LogP contribution < -0.4 is 0 Å². The minimum absolute atomic E-state index is 0.858. The molecule has 0 aromatic heterocycles. The van der Waals surface area contributed by atoms with Gasteiger partial charge in [-0.3, -0.25) is 0 Å². The molecule has 9 heavy (non-hydrogen) atoms. The number of rotatable bonds is 1. The normalized spacial score (nSPS) is 37.2. The first-order chi connectivity index (χ1) is 4.40. The standard InChI is InChI=1S/C7H8OSe/c1-8-5-2-3-6-7(4-5)9-6/h2-4,6-7H,1H3. The molecule has 2 rings (SSSR count). The van der Waals surface area contributed by atoms with E-state index >= 15 is 0 Å². The van der Waals surface area contributed by atoms with Gasteiger partial charge < -0.3 is 0 Å². The third-order valence-corrected chi connectivity index (χ3v) is 4.08. The number of fused-ring (bicyclic) bond motifs is 1. The number of hydrogen-bond donors (Lipinski definition) is 0. The van der Waals surface area contributed by atoms with Crippen molar-refractivity contribution >= 4 is 15.0 Å². The van der Waals surface area contributed by atoms with Crippen molar-refractivity contribution in [1.29, 1.82) is 0 Å². The second-order valence-electron chi connectivity index (χ2n) is 2.20. The molecule has 2 aliphatic rings. The zero-order chi connectivity index (χ0) is 6.27. The van der Waals surface area contributed by atoms with Gasteiger partial charge in [0.15, 0.2) is 0 Å². The molecule has 0 aromatic rings. The molecule has 2 heteroatoms. The van der Waals surface area contributed by atoms with Gasteiger partial charge in [0.1, 0.15) is 0 Å². The quantitative estimate of drug-likeness (QED) is 0.563. The topological polar surface area (TPSA) is 9.23 Å². The minimum atomic E-state index is 0.858. The molecule has 0 bridgehead atoms. The number of methoxy groups -OCH3 is 1. The number of hydrogen-bond acceptors (Lipinski definition) is 1. The molecule has 1 aliphatic heterocycles. The van der Waals surface area contributed by atoms with Crippen LogP contribution in [0.2, 0.25) is 9.63 Å². The third-order valence-electron chi connectivity index (χ3n) is 1.58. The third kappa shape index (κ3) is 0.930. The molecular formula is C7H8OSe. The van der Waals surface area contributed by atoms with Crippen molar-refractivity contribution in [3.8, 4) is 0 Å². The van der Waals surface area contributed by atoms with Crippen LogP contribution in [0, 0.1) is 0 Å². The summed E-state index contributed by atoms with van der Waals surface area (Å²) in [5, 5.41) is 0. The van der Waals surface area contributed by atoms with E-state index < -0.39 is 0 Å². The van der Waals surface area contributed by atoms with E-state index in [-0.39, 0.29) is 0 Å². The fraction of sp³-hybridized carbons (Fsp3) is 0.429. The van der Waals surface area contributed by atoms with Crippen molar-refractivity contribution in [3.05, 3.63) is 24.0 Å². The average molecular weight is 187 g/mol. The summed E-state index contributed by atoms with van der Waals surface area (Å²) >= 11 is 0.858. The Morgan fingerprint density at radius 2 is 2.44 bits per heavy atom. The van der Waals surface area contributed by atoms with Crippen molar-refractivity contribution in [2.75, 3.05) is 7.11 Å². The van der Waals surface area contributed by atoms with Crippen molar-refractivity contribution < 1.29 is 4.74 Å². The Morgan fingerprint density at radius 3 is 3.11 bits per heavy atom. The molecular weight excluding hydrogens is 179 g/mol. The van der Waals surface area contributed by atoms with Gasteiger partial charge in [-0.1, -0.05) is 0 Å². The van der Waals surface area contributed by atoms with Gasteiger partial charge in [-0.05, 0) is 0 Å². The number of allylic oxidation sites excluding steroid dienone is 3. The summed E-state index contributed by atoms with van der Waals surface area (Å²) in [7, 11) is 1.73. The van der Waals surface area contributed by atoms with Crippen LogP contribution in [0.1, 0.15) is 0 Å². The monoisotopic (exact) mass is 188 g/mol. The predicted molar refractivity (Wildman–Crippen MR) is 37.5 cm³/mol. The summed E-state index contributed by atoms with van der Waals surface area (Å²) in [5.41, 5.74) is 0. The Hall–Kier alpha value is -0.201. The Labute approximate surface area is 60.9 Å². The molecule has 2 atom stereocenters. The first-order valence-corrected chi connectivity index (χ1v) is 4.97. The number of ether oxygens (including phenoxy) is 1. The van der Waals surface area contributed by atoms with Gasteiger partial charge in [-0.15, -0.1) is 0 Å². The van der Waals surface area contributed by atoms with E-state index in [1.165, 1.54) is 0 Å². The Balaban J connectivity index is 2.16. The van der Waals surface area contributed by atoms with Gasteiger partial charge in [0, 0.05) is 0 Å². The molecule has 0 saturated carbocycles. The molecule has 0 amide bonds. The van der Waals surface area contributed by atoms with Crippen LogP contribution in [0.4, 0.5) is 0 Å². The molecule has 0 aromatic carbocycles. The molecule has 1 heterocycles. The zero-order valence-electron chi connectivity index (χ0n) is 5.20. The van der Waals surface area contributed by atoms with E-state index in [0.29, 0.717) is 0 Å². The van der Waals surface area contributed by atoms with Crippen molar-refractivity contribution in [2.24, 2.45) is 0 Å². The van der Waals surface area contributed by atoms with E-state index in [4.69, 9.17) is 4.74 Å². The van der Waals surface area contributed by atoms with Gasteiger partial charge >= 0.3 is 60.4 Å². The van der Waals surface area contributed by atoms with Gasteiger partial charge in [0.05, 0.1) is 0 Å². The van der Waals surface area contributed by atoms with Crippen LogP contribution in [0.25, 0.3) is 0 Å². The summed E-state index contributed by atoms with van der Waals surface area (Å²) < 4.78 is 5.07. The molecule has 1 fully saturated rings. The SMILES string of the molecule is COC1=CC2[Se]C2C=C1. The molecule has 0 spiro atoms. The molecule has 48 valence electrons. The maximum atomic E-state index is 5.07.